The summed E-state index contributed by atoms with van der Waals surface area (Å²) in [7, 11) is -3.10. The highest BCUT2D eigenvalue weighted by molar-refractivity contribution is 7.91. The van der Waals surface area contributed by atoms with Gasteiger partial charge < -0.3 is 4.90 Å². The summed E-state index contributed by atoms with van der Waals surface area (Å²) in [6, 6.07) is 6.51. The molecular formula is C18H23N3O4S2. The molecule has 0 bridgehead atoms. The van der Waals surface area contributed by atoms with Crippen molar-refractivity contribution >= 4 is 27.1 Å². The topological polar surface area (TPSA) is 89.3 Å². The van der Waals surface area contributed by atoms with Gasteiger partial charge in [-0.15, -0.1) is 11.3 Å². The number of carbonyl (C=O) groups excluding carboxylic acids is 1. The molecule has 0 aromatic carbocycles. The average molecular weight is 410 g/mol. The zero-order chi connectivity index (χ0) is 19.6. The molecule has 3 rings (SSSR count). The van der Waals surface area contributed by atoms with E-state index in [9.17, 15) is 18.0 Å². The first-order valence-electron chi connectivity index (χ1n) is 8.87. The Labute approximate surface area is 162 Å². The quantitative estimate of drug-likeness (QED) is 0.724. The zero-order valence-electron chi connectivity index (χ0n) is 15.4. The lowest BCUT2D eigenvalue weighted by Gasteiger charge is -2.30. The Morgan fingerprint density at radius 3 is 2.74 bits per heavy atom. The molecule has 1 amide bonds. The summed E-state index contributed by atoms with van der Waals surface area (Å²) in [6.07, 6.45) is 0.443. The van der Waals surface area contributed by atoms with Gasteiger partial charge in [0, 0.05) is 18.7 Å². The second-order valence-electron chi connectivity index (χ2n) is 7.19. The standard InChI is InChI=1S/C18H23N3O4S2/c1-13(2)10-20(14-7-9-27(24,25)12-14)18(23)11-21-17(22)6-5-15(19-21)16-4-3-8-26-16/h3-6,8,13-14H,7,9-12H2,1-2H3. The molecule has 1 saturated heterocycles. The minimum absolute atomic E-state index is 0.0109. The number of carbonyl (C=O) groups is 1. The molecule has 2 aromatic heterocycles. The largest absolute Gasteiger partial charge is 0.337 e. The van der Waals surface area contributed by atoms with Crippen molar-refractivity contribution in [3.8, 4) is 10.6 Å². The van der Waals surface area contributed by atoms with Crippen LogP contribution >= 0.6 is 11.3 Å². The molecule has 9 heteroatoms. The van der Waals surface area contributed by atoms with E-state index in [0.717, 1.165) is 9.56 Å². The maximum Gasteiger partial charge on any atom is 0.267 e. The van der Waals surface area contributed by atoms with Gasteiger partial charge in [0.15, 0.2) is 9.84 Å². The minimum atomic E-state index is -3.10. The van der Waals surface area contributed by atoms with Crippen molar-refractivity contribution in [2.45, 2.75) is 32.9 Å². The molecule has 7 nitrogen and oxygen atoms in total. The van der Waals surface area contributed by atoms with Gasteiger partial charge in [0.1, 0.15) is 12.2 Å². The molecule has 27 heavy (non-hydrogen) atoms. The van der Waals surface area contributed by atoms with Gasteiger partial charge in [-0.2, -0.15) is 5.10 Å². The highest BCUT2D eigenvalue weighted by Gasteiger charge is 2.35. The van der Waals surface area contributed by atoms with Crippen molar-refractivity contribution in [3.05, 3.63) is 40.0 Å². The summed E-state index contributed by atoms with van der Waals surface area (Å²) >= 11 is 1.50. The Hall–Kier alpha value is -2.00. The molecule has 0 radical (unpaired) electrons. The average Bonchev–Trinajstić information content (AvgIpc) is 3.24. The van der Waals surface area contributed by atoms with E-state index in [0.29, 0.717) is 18.7 Å². The summed E-state index contributed by atoms with van der Waals surface area (Å²) in [5, 5.41) is 6.24. The van der Waals surface area contributed by atoms with E-state index in [2.05, 4.69) is 5.10 Å². The fourth-order valence-electron chi connectivity index (χ4n) is 3.21. The van der Waals surface area contributed by atoms with Gasteiger partial charge in [-0.3, -0.25) is 9.59 Å². The molecule has 3 heterocycles. The van der Waals surface area contributed by atoms with Crippen LogP contribution in [0.5, 0.6) is 0 Å². The van der Waals surface area contributed by atoms with Crippen LogP contribution in [0, 0.1) is 5.92 Å². The summed E-state index contributed by atoms with van der Waals surface area (Å²) < 4.78 is 24.8. The molecule has 146 valence electrons. The number of amides is 1. The van der Waals surface area contributed by atoms with Crippen LogP contribution in [0.4, 0.5) is 0 Å². The lowest BCUT2D eigenvalue weighted by Crippen LogP contribution is -2.46. The lowest BCUT2D eigenvalue weighted by molar-refractivity contribution is -0.134. The monoisotopic (exact) mass is 409 g/mol. The molecular weight excluding hydrogens is 386 g/mol. The van der Waals surface area contributed by atoms with Crippen LogP contribution in [-0.2, 0) is 21.2 Å². The number of nitrogens with zero attached hydrogens (tertiary/aromatic N) is 3. The molecule has 1 atom stereocenters. The van der Waals surface area contributed by atoms with Crippen molar-refractivity contribution in [3.63, 3.8) is 0 Å². The second-order valence-corrected chi connectivity index (χ2v) is 10.4. The van der Waals surface area contributed by atoms with E-state index in [1.807, 2.05) is 31.4 Å². The lowest BCUT2D eigenvalue weighted by atomic mass is 10.1. The Kier molecular flexibility index (Phi) is 5.81. The maximum absolute atomic E-state index is 12.9. The van der Waals surface area contributed by atoms with E-state index in [1.165, 1.54) is 17.4 Å². The highest BCUT2D eigenvalue weighted by atomic mass is 32.2. The fraction of sp³-hybridized carbons (Fsp3) is 0.500. The SMILES string of the molecule is CC(C)CN(C(=O)Cn1nc(-c2cccs2)ccc1=O)C1CCS(=O)(=O)C1. The highest BCUT2D eigenvalue weighted by Crippen LogP contribution is 2.22. The molecule has 1 aliphatic rings. The van der Waals surface area contributed by atoms with Gasteiger partial charge in [0.25, 0.3) is 5.56 Å². The third kappa shape index (κ3) is 4.84. The van der Waals surface area contributed by atoms with Crippen LogP contribution in [-0.4, -0.2) is 53.1 Å². The Morgan fingerprint density at radius 2 is 2.15 bits per heavy atom. The molecule has 0 spiro atoms. The van der Waals surface area contributed by atoms with E-state index in [4.69, 9.17) is 0 Å². The van der Waals surface area contributed by atoms with E-state index >= 15 is 0 Å². The number of sulfone groups is 1. The first kappa shape index (κ1) is 19.8. The Bertz CT molecular complexity index is 965. The molecule has 0 aliphatic carbocycles. The predicted molar refractivity (Wildman–Crippen MR) is 105 cm³/mol. The maximum atomic E-state index is 12.9. The summed E-state index contributed by atoms with van der Waals surface area (Å²) in [5.41, 5.74) is 0.281. The molecule has 0 N–H and O–H groups in total. The Morgan fingerprint density at radius 1 is 1.37 bits per heavy atom. The minimum Gasteiger partial charge on any atom is -0.337 e. The van der Waals surface area contributed by atoms with Gasteiger partial charge in [-0.25, -0.2) is 13.1 Å². The predicted octanol–water partition coefficient (Wildman–Crippen LogP) is 1.64. The van der Waals surface area contributed by atoms with Gasteiger partial charge in [-0.1, -0.05) is 19.9 Å². The summed E-state index contributed by atoms with van der Waals surface area (Å²) in [4.78, 5) is 27.6. The van der Waals surface area contributed by atoms with Crippen molar-refractivity contribution < 1.29 is 13.2 Å². The van der Waals surface area contributed by atoms with Gasteiger partial charge in [0.05, 0.1) is 16.4 Å². The molecule has 0 saturated carbocycles. The van der Waals surface area contributed by atoms with Crippen LogP contribution in [0.1, 0.15) is 20.3 Å². The van der Waals surface area contributed by atoms with Crippen LogP contribution in [0.3, 0.4) is 0 Å². The first-order valence-corrected chi connectivity index (χ1v) is 11.6. The first-order chi connectivity index (χ1) is 12.7. The van der Waals surface area contributed by atoms with E-state index in [-0.39, 0.29) is 41.5 Å². The number of hydrogen-bond donors (Lipinski definition) is 0. The van der Waals surface area contributed by atoms with Gasteiger partial charge in [0.2, 0.25) is 5.91 Å². The van der Waals surface area contributed by atoms with Crippen molar-refractivity contribution in [1.82, 2.24) is 14.7 Å². The van der Waals surface area contributed by atoms with Crippen molar-refractivity contribution in [2.75, 3.05) is 18.1 Å². The fourth-order valence-corrected chi connectivity index (χ4v) is 5.63. The summed E-state index contributed by atoms with van der Waals surface area (Å²) in [5.74, 6) is 0.0114. The number of rotatable bonds is 6. The second kappa shape index (κ2) is 7.93. The zero-order valence-corrected chi connectivity index (χ0v) is 17.0. The van der Waals surface area contributed by atoms with Crippen LogP contribution in [0.15, 0.2) is 34.4 Å². The third-order valence-electron chi connectivity index (χ3n) is 4.46. The molecule has 2 aromatic rings. The number of hydrogen-bond acceptors (Lipinski definition) is 6. The third-order valence-corrected chi connectivity index (χ3v) is 7.10. The summed E-state index contributed by atoms with van der Waals surface area (Å²) in [6.45, 7) is 4.22. The number of thiophene rings is 1. The Balaban J connectivity index is 1.83. The van der Waals surface area contributed by atoms with E-state index in [1.54, 1.807) is 11.0 Å². The van der Waals surface area contributed by atoms with E-state index < -0.39 is 9.84 Å². The van der Waals surface area contributed by atoms with Crippen LogP contribution < -0.4 is 5.56 Å². The molecule has 1 unspecified atom stereocenters. The van der Waals surface area contributed by atoms with Crippen molar-refractivity contribution in [2.24, 2.45) is 5.92 Å². The van der Waals surface area contributed by atoms with Gasteiger partial charge in [-0.05, 0) is 29.9 Å². The molecule has 1 fully saturated rings. The van der Waals surface area contributed by atoms with Gasteiger partial charge >= 0.3 is 0 Å². The number of aromatic nitrogens is 2. The normalized spacial score (nSPS) is 18.7. The van der Waals surface area contributed by atoms with Crippen LogP contribution in [0.2, 0.25) is 0 Å². The smallest absolute Gasteiger partial charge is 0.267 e. The molecule has 1 aliphatic heterocycles. The van der Waals surface area contributed by atoms with Crippen LogP contribution in [0.25, 0.3) is 10.6 Å². The van der Waals surface area contributed by atoms with Crippen molar-refractivity contribution in [1.29, 1.82) is 0 Å².